The van der Waals surface area contributed by atoms with Gasteiger partial charge in [0.15, 0.2) is 0 Å². The van der Waals surface area contributed by atoms with Crippen LogP contribution in [0.2, 0.25) is 10.0 Å². The van der Waals surface area contributed by atoms with Gasteiger partial charge in [-0.2, -0.15) is 0 Å². The Hall–Kier alpha value is -2.10. The first-order valence-corrected chi connectivity index (χ1v) is 9.51. The van der Waals surface area contributed by atoms with Crippen molar-refractivity contribution in [1.82, 2.24) is 9.97 Å². The molecule has 0 spiro atoms. The molecule has 1 aromatic heterocycles. The van der Waals surface area contributed by atoms with Crippen LogP contribution in [0.15, 0.2) is 48.5 Å². The van der Waals surface area contributed by atoms with Gasteiger partial charge < -0.3 is 5.32 Å². The van der Waals surface area contributed by atoms with E-state index < -0.39 is 0 Å². The first-order chi connectivity index (χ1) is 12.6. The lowest BCUT2D eigenvalue weighted by atomic mass is 9.88. The maximum absolute atomic E-state index is 6.16. The minimum Gasteiger partial charge on any atom is -0.363 e. The van der Waals surface area contributed by atoms with Crippen molar-refractivity contribution in [1.29, 1.82) is 0 Å². The predicted octanol–water partition coefficient (Wildman–Crippen LogP) is 6.25. The van der Waals surface area contributed by atoms with Crippen LogP contribution in [0.4, 0.5) is 5.82 Å². The zero-order valence-electron chi connectivity index (χ0n) is 14.5. The summed E-state index contributed by atoms with van der Waals surface area (Å²) in [6.07, 6.45) is 3.42. The second kappa shape index (κ2) is 7.26. The first-order valence-electron chi connectivity index (χ1n) is 8.75. The summed E-state index contributed by atoms with van der Waals surface area (Å²) >= 11 is 12.2. The average molecular weight is 384 g/mol. The molecule has 1 atom stereocenters. The van der Waals surface area contributed by atoms with Crippen LogP contribution in [0.25, 0.3) is 11.3 Å². The second-order valence-corrected chi connectivity index (χ2v) is 7.42. The van der Waals surface area contributed by atoms with E-state index in [1.807, 2.05) is 25.1 Å². The van der Waals surface area contributed by atoms with Crippen molar-refractivity contribution in [3.63, 3.8) is 0 Å². The predicted molar refractivity (Wildman–Crippen MR) is 108 cm³/mol. The van der Waals surface area contributed by atoms with Gasteiger partial charge in [0.05, 0.1) is 21.8 Å². The number of rotatable bonds is 3. The van der Waals surface area contributed by atoms with Crippen LogP contribution in [0, 0.1) is 6.92 Å². The average Bonchev–Trinajstić information content (AvgIpc) is 2.64. The summed E-state index contributed by atoms with van der Waals surface area (Å²) in [5.41, 5.74) is 4.55. The molecule has 1 aliphatic rings. The van der Waals surface area contributed by atoms with Gasteiger partial charge in [0.2, 0.25) is 0 Å². The van der Waals surface area contributed by atoms with E-state index in [0.29, 0.717) is 10.0 Å². The Labute approximate surface area is 163 Å². The highest BCUT2D eigenvalue weighted by atomic mass is 35.5. The number of aryl methyl sites for hydroxylation is 2. The summed E-state index contributed by atoms with van der Waals surface area (Å²) in [5, 5.41) is 4.67. The van der Waals surface area contributed by atoms with Gasteiger partial charge in [-0.1, -0.05) is 53.5 Å². The van der Waals surface area contributed by atoms with E-state index in [2.05, 4.69) is 39.6 Å². The highest BCUT2D eigenvalue weighted by Gasteiger charge is 2.20. The molecular formula is C21H19Cl2N3. The van der Waals surface area contributed by atoms with Crippen LogP contribution >= 0.6 is 23.2 Å². The normalized spacial score (nSPS) is 16.2. The van der Waals surface area contributed by atoms with Crippen molar-refractivity contribution >= 4 is 29.0 Å². The summed E-state index contributed by atoms with van der Waals surface area (Å²) in [6.45, 7) is 1.90. The lowest BCUT2D eigenvalue weighted by Crippen LogP contribution is -2.18. The molecule has 3 aromatic rings. The fourth-order valence-electron chi connectivity index (χ4n) is 3.53. The van der Waals surface area contributed by atoms with Crippen molar-refractivity contribution in [2.75, 3.05) is 5.32 Å². The van der Waals surface area contributed by atoms with Gasteiger partial charge >= 0.3 is 0 Å². The summed E-state index contributed by atoms with van der Waals surface area (Å²) in [5.74, 6) is 1.56. The van der Waals surface area contributed by atoms with Crippen molar-refractivity contribution in [2.45, 2.75) is 32.2 Å². The van der Waals surface area contributed by atoms with Crippen LogP contribution in [-0.2, 0) is 6.42 Å². The van der Waals surface area contributed by atoms with Gasteiger partial charge in [-0.25, -0.2) is 9.97 Å². The fourth-order valence-corrected chi connectivity index (χ4v) is 3.83. The van der Waals surface area contributed by atoms with Crippen LogP contribution in [0.3, 0.4) is 0 Å². The number of hydrogen-bond acceptors (Lipinski definition) is 3. The molecule has 1 aliphatic carbocycles. The van der Waals surface area contributed by atoms with Gasteiger partial charge in [0, 0.05) is 11.6 Å². The van der Waals surface area contributed by atoms with Crippen LogP contribution in [0.5, 0.6) is 0 Å². The molecular weight excluding hydrogens is 365 g/mol. The van der Waals surface area contributed by atoms with E-state index in [1.165, 1.54) is 17.5 Å². The van der Waals surface area contributed by atoms with Crippen molar-refractivity contribution in [3.05, 3.63) is 75.5 Å². The summed E-state index contributed by atoms with van der Waals surface area (Å²) in [7, 11) is 0. The smallest absolute Gasteiger partial charge is 0.130 e. The highest BCUT2D eigenvalue weighted by Crippen LogP contribution is 2.33. The van der Waals surface area contributed by atoms with Gasteiger partial charge in [-0.3, -0.25) is 0 Å². The first kappa shape index (κ1) is 17.3. The van der Waals surface area contributed by atoms with E-state index in [0.717, 1.165) is 35.7 Å². The molecule has 132 valence electrons. The number of fused-ring (bicyclic) bond motifs is 1. The quantitative estimate of drug-likeness (QED) is 0.580. The molecule has 0 aliphatic heterocycles. The zero-order valence-corrected chi connectivity index (χ0v) is 16.0. The number of benzene rings is 2. The maximum Gasteiger partial charge on any atom is 0.130 e. The number of nitrogens with zero attached hydrogens (tertiary/aromatic N) is 2. The molecule has 1 N–H and O–H groups in total. The minimum atomic E-state index is 0.274. The summed E-state index contributed by atoms with van der Waals surface area (Å²) in [6, 6.07) is 16.4. The van der Waals surface area contributed by atoms with Gasteiger partial charge in [0.1, 0.15) is 11.6 Å². The Balaban J connectivity index is 1.66. The van der Waals surface area contributed by atoms with Crippen molar-refractivity contribution < 1.29 is 0 Å². The van der Waals surface area contributed by atoms with E-state index in [1.54, 1.807) is 6.07 Å². The minimum absolute atomic E-state index is 0.274. The van der Waals surface area contributed by atoms with Crippen LogP contribution in [0.1, 0.15) is 35.8 Å². The van der Waals surface area contributed by atoms with Crippen molar-refractivity contribution in [3.8, 4) is 11.3 Å². The lowest BCUT2D eigenvalue weighted by molar-refractivity contribution is 0.598. The third-order valence-corrected chi connectivity index (χ3v) is 5.48. The molecule has 1 heterocycles. The number of halogens is 2. The molecule has 0 radical (unpaired) electrons. The third-order valence-electron chi connectivity index (χ3n) is 4.74. The molecule has 0 amide bonds. The van der Waals surface area contributed by atoms with E-state index in [-0.39, 0.29) is 6.04 Å². The number of anilines is 1. The van der Waals surface area contributed by atoms with Gasteiger partial charge in [-0.05, 0) is 49.4 Å². The lowest BCUT2D eigenvalue weighted by Gasteiger charge is -2.27. The third kappa shape index (κ3) is 3.55. The van der Waals surface area contributed by atoms with Gasteiger partial charge in [-0.15, -0.1) is 0 Å². The monoisotopic (exact) mass is 383 g/mol. The van der Waals surface area contributed by atoms with E-state index in [9.17, 15) is 0 Å². The Morgan fingerprint density at radius 1 is 1.00 bits per heavy atom. The second-order valence-electron chi connectivity index (χ2n) is 6.60. The molecule has 0 bridgehead atoms. The maximum atomic E-state index is 6.16. The van der Waals surface area contributed by atoms with Crippen LogP contribution in [-0.4, -0.2) is 9.97 Å². The largest absolute Gasteiger partial charge is 0.363 e. The SMILES string of the molecule is Cc1nc(N[C@@H]2CCCc3ccccc32)cc(-c2ccc(Cl)c(Cl)c2)n1. The van der Waals surface area contributed by atoms with E-state index in [4.69, 9.17) is 23.2 Å². The molecule has 3 nitrogen and oxygen atoms in total. The fraction of sp³-hybridized carbons (Fsp3) is 0.238. The number of hydrogen-bond donors (Lipinski definition) is 1. The Kier molecular flexibility index (Phi) is 4.84. The van der Waals surface area contributed by atoms with E-state index >= 15 is 0 Å². The Morgan fingerprint density at radius 3 is 2.69 bits per heavy atom. The molecule has 0 unspecified atom stereocenters. The standard InChI is InChI=1S/C21H19Cl2N3/c1-13-24-20(15-9-10-17(22)18(23)11-15)12-21(25-13)26-19-8-4-6-14-5-2-3-7-16(14)19/h2-3,5,7,9-12,19H,4,6,8H2,1H3,(H,24,25,26)/t19-/m1/s1. The molecule has 0 fully saturated rings. The summed E-state index contributed by atoms with van der Waals surface area (Å²) < 4.78 is 0. The zero-order chi connectivity index (χ0) is 18.1. The topological polar surface area (TPSA) is 37.8 Å². The summed E-state index contributed by atoms with van der Waals surface area (Å²) in [4.78, 5) is 9.14. The molecule has 2 aromatic carbocycles. The number of nitrogens with one attached hydrogen (secondary N) is 1. The highest BCUT2D eigenvalue weighted by molar-refractivity contribution is 6.42. The molecule has 0 saturated heterocycles. The van der Waals surface area contributed by atoms with Crippen LogP contribution < -0.4 is 5.32 Å². The van der Waals surface area contributed by atoms with Crippen molar-refractivity contribution in [2.24, 2.45) is 0 Å². The molecule has 26 heavy (non-hydrogen) atoms. The Morgan fingerprint density at radius 2 is 1.85 bits per heavy atom. The molecule has 0 saturated carbocycles. The van der Waals surface area contributed by atoms with Gasteiger partial charge in [0.25, 0.3) is 0 Å². The molecule has 4 rings (SSSR count). The number of aromatic nitrogens is 2. The Bertz CT molecular complexity index is 956. The molecule has 5 heteroatoms.